The highest BCUT2D eigenvalue weighted by molar-refractivity contribution is 5.97. The highest BCUT2D eigenvalue weighted by Gasteiger charge is 2.45. The number of benzene rings is 2. The molecule has 432 valence electrons. The van der Waals surface area contributed by atoms with Crippen molar-refractivity contribution in [2.45, 2.75) is 193 Å². The standard InChI is InChI=1S/C58H79F3N8O10/c1-13-45(63-51(71)31(2)66(11)55(75)78-57(5,6)7)53(73)69-30-39(77-33(4)70)26-38(69)28-43-41-20-17-21-44(61)48(41)64-50(43)49-42(40-23-22-35(59)25-46(40)62-49)27-37-24-36(60)29-68(37)54(74)47(34-18-15-14-16-19-34)65-52(72)32(3)67(12)56(76)79-58(8,9)10/h17,20-23,25,31-32,34,36-39,45,47,62,64H,13-16,18-19,24,26-30H2,1-12H3,(H,63,71)(H,65,72)/t31-,32-,36-,37-,38-,39-,45-,47-/m0/s1. The van der Waals surface area contributed by atoms with Crippen molar-refractivity contribution >= 4 is 63.6 Å². The van der Waals surface area contributed by atoms with Gasteiger partial charge >= 0.3 is 18.2 Å². The van der Waals surface area contributed by atoms with E-state index in [4.69, 9.17) is 14.2 Å². The van der Waals surface area contributed by atoms with Crippen LogP contribution in [0.5, 0.6) is 0 Å². The molecule has 21 heteroatoms. The van der Waals surface area contributed by atoms with Gasteiger partial charge in [0, 0.05) is 62.2 Å². The van der Waals surface area contributed by atoms with Gasteiger partial charge in [0.15, 0.2) is 0 Å². The minimum atomic E-state index is -1.43. The number of nitrogens with one attached hydrogen (secondary N) is 4. The fraction of sp³-hybridized carbons (Fsp3) is 0.603. The molecule has 0 unspecified atom stereocenters. The number of likely N-dealkylation sites (N-methyl/N-ethyl adjacent to an activating group) is 2. The first-order chi connectivity index (χ1) is 37.0. The van der Waals surface area contributed by atoms with E-state index in [0.717, 1.165) is 24.2 Å². The Kier molecular flexibility index (Phi) is 18.4. The number of carbonyl (C=O) groups is 7. The number of amides is 6. The maximum Gasteiger partial charge on any atom is 0.410 e. The van der Waals surface area contributed by atoms with Gasteiger partial charge in [-0.2, -0.15) is 0 Å². The van der Waals surface area contributed by atoms with E-state index in [9.17, 15) is 28.8 Å². The third-order valence-corrected chi connectivity index (χ3v) is 15.5. The van der Waals surface area contributed by atoms with Crippen LogP contribution in [0.2, 0.25) is 0 Å². The fourth-order valence-corrected chi connectivity index (χ4v) is 11.2. The Morgan fingerprint density at radius 1 is 0.734 bits per heavy atom. The summed E-state index contributed by atoms with van der Waals surface area (Å²) in [6.45, 7) is 16.0. The molecule has 0 bridgehead atoms. The molecule has 0 radical (unpaired) electrons. The van der Waals surface area contributed by atoms with Crippen molar-refractivity contribution in [2.75, 3.05) is 27.2 Å². The molecule has 2 aliphatic heterocycles. The van der Waals surface area contributed by atoms with E-state index in [1.165, 1.54) is 55.9 Å². The molecule has 79 heavy (non-hydrogen) atoms. The van der Waals surface area contributed by atoms with Crippen molar-refractivity contribution < 1.29 is 60.9 Å². The van der Waals surface area contributed by atoms with E-state index in [2.05, 4.69) is 20.6 Å². The summed E-state index contributed by atoms with van der Waals surface area (Å²) < 4.78 is 64.1. The Labute approximate surface area is 460 Å². The van der Waals surface area contributed by atoms with Crippen LogP contribution in [-0.2, 0) is 51.0 Å². The minimum absolute atomic E-state index is 0.0244. The zero-order valence-corrected chi connectivity index (χ0v) is 47.7. The molecule has 4 heterocycles. The predicted octanol–water partition coefficient (Wildman–Crippen LogP) is 8.62. The first-order valence-electron chi connectivity index (χ1n) is 27.6. The molecular formula is C58H79F3N8O10. The number of hydrogen-bond donors (Lipinski definition) is 4. The van der Waals surface area contributed by atoms with Crippen LogP contribution >= 0.6 is 0 Å². The number of halogens is 3. The number of para-hydroxylation sites is 1. The van der Waals surface area contributed by atoms with Crippen molar-refractivity contribution in [3.63, 3.8) is 0 Å². The van der Waals surface area contributed by atoms with Crippen LogP contribution in [0.25, 0.3) is 33.2 Å². The van der Waals surface area contributed by atoms with E-state index in [0.29, 0.717) is 51.6 Å². The Bertz CT molecular complexity index is 2920. The summed E-state index contributed by atoms with van der Waals surface area (Å²) in [6.07, 6.45) is 0.690. The van der Waals surface area contributed by atoms with Gasteiger partial charge in [0.25, 0.3) is 0 Å². The van der Waals surface area contributed by atoms with Crippen LogP contribution < -0.4 is 10.6 Å². The number of ether oxygens (including phenoxy) is 3. The van der Waals surface area contributed by atoms with E-state index in [1.807, 2.05) is 0 Å². The molecular weight excluding hydrogens is 1030 g/mol. The topological polar surface area (TPSA) is 216 Å². The number of hydrogen-bond acceptors (Lipinski definition) is 10. The lowest BCUT2D eigenvalue weighted by atomic mass is 9.83. The number of rotatable bonds is 16. The third-order valence-electron chi connectivity index (χ3n) is 15.5. The van der Waals surface area contributed by atoms with Crippen molar-refractivity contribution in [3.05, 3.63) is 59.2 Å². The predicted molar refractivity (Wildman–Crippen MR) is 291 cm³/mol. The van der Waals surface area contributed by atoms with Crippen molar-refractivity contribution in [3.8, 4) is 11.4 Å². The molecule has 8 atom stereocenters. The van der Waals surface area contributed by atoms with Gasteiger partial charge in [-0.05, 0) is 129 Å². The molecule has 18 nitrogen and oxygen atoms in total. The normalized spacial score (nSPS) is 20.6. The van der Waals surface area contributed by atoms with Gasteiger partial charge in [-0.1, -0.05) is 38.3 Å². The number of carbonyl (C=O) groups excluding carboxylic acids is 7. The van der Waals surface area contributed by atoms with Crippen LogP contribution in [0.3, 0.4) is 0 Å². The number of aromatic nitrogens is 2. The summed E-state index contributed by atoms with van der Waals surface area (Å²) >= 11 is 0. The number of esters is 1. The monoisotopic (exact) mass is 1100 g/mol. The Hall–Kier alpha value is -6.80. The molecule has 6 amide bonds. The number of alkyl halides is 1. The number of nitrogens with zero attached hydrogens (tertiary/aromatic N) is 4. The third kappa shape index (κ3) is 14.0. The Balaban J connectivity index is 1.24. The maximum atomic E-state index is 16.1. The van der Waals surface area contributed by atoms with Gasteiger partial charge in [-0.3, -0.25) is 33.8 Å². The second kappa shape index (κ2) is 24.3. The van der Waals surface area contributed by atoms with Crippen molar-refractivity contribution in [1.82, 2.24) is 40.2 Å². The summed E-state index contributed by atoms with van der Waals surface area (Å²) in [6, 6.07) is 3.18. The van der Waals surface area contributed by atoms with E-state index in [1.54, 1.807) is 78.5 Å². The van der Waals surface area contributed by atoms with Crippen molar-refractivity contribution in [1.29, 1.82) is 0 Å². The van der Waals surface area contributed by atoms with Crippen LogP contribution in [0.15, 0.2) is 36.4 Å². The highest BCUT2D eigenvalue weighted by Crippen LogP contribution is 2.41. The molecule has 3 aliphatic rings. The SMILES string of the molecule is CC[C@H](NC(=O)[C@H](C)N(C)C(=O)OC(C)(C)C)C(=O)N1C[C@@H](OC(C)=O)C[C@H]1Cc1c(-c2[nH]c3cc(F)ccc3c2C[C@@H]2C[C@H](F)CN2C(=O)[C@@H](NC(=O)[C@H](C)N(C)C(=O)OC(C)(C)C)C2CCCCC2)[nH]c2c(F)cccc12. The second-order valence-electron chi connectivity index (χ2n) is 23.7. The van der Waals surface area contributed by atoms with Gasteiger partial charge in [0.2, 0.25) is 23.6 Å². The summed E-state index contributed by atoms with van der Waals surface area (Å²) in [5, 5.41) is 6.81. The number of fused-ring (bicyclic) bond motifs is 2. The van der Waals surface area contributed by atoms with E-state index >= 15 is 18.0 Å². The maximum absolute atomic E-state index is 16.1. The first-order valence-corrected chi connectivity index (χ1v) is 27.6. The molecule has 3 fully saturated rings. The molecule has 4 N–H and O–H groups in total. The average Bonchev–Trinajstić information content (AvgIpc) is 4.38. The number of aromatic amines is 2. The summed E-state index contributed by atoms with van der Waals surface area (Å²) in [5.41, 5.74) is 0.783. The molecule has 0 spiro atoms. The van der Waals surface area contributed by atoms with Gasteiger partial charge in [-0.15, -0.1) is 0 Å². The molecule has 4 aromatic rings. The molecule has 2 saturated heterocycles. The van der Waals surface area contributed by atoms with Crippen molar-refractivity contribution in [2.24, 2.45) is 5.92 Å². The average molecular weight is 1110 g/mol. The molecule has 2 aromatic heterocycles. The highest BCUT2D eigenvalue weighted by atomic mass is 19.1. The van der Waals surface area contributed by atoms with Gasteiger partial charge in [-0.25, -0.2) is 22.8 Å². The summed E-state index contributed by atoms with van der Waals surface area (Å²) in [7, 11) is 2.87. The van der Waals surface area contributed by atoms with Gasteiger partial charge in [0.1, 0.15) is 59.3 Å². The lowest BCUT2D eigenvalue weighted by Gasteiger charge is -2.36. The molecule has 1 saturated carbocycles. The smallest absolute Gasteiger partial charge is 0.410 e. The van der Waals surface area contributed by atoms with Crippen LogP contribution in [0, 0.1) is 17.6 Å². The van der Waals surface area contributed by atoms with E-state index in [-0.39, 0.29) is 56.6 Å². The summed E-state index contributed by atoms with van der Waals surface area (Å²) in [5.74, 6) is -4.07. The van der Waals surface area contributed by atoms with Gasteiger partial charge in [0.05, 0.1) is 30.0 Å². The largest absolute Gasteiger partial charge is 0.461 e. The minimum Gasteiger partial charge on any atom is -0.461 e. The molecule has 2 aromatic carbocycles. The van der Waals surface area contributed by atoms with E-state index < -0.39 is 113 Å². The Morgan fingerprint density at radius 3 is 1.87 bits per heavy atom. The number of H-pyrrole nitrogens is 2. The summed E-state index contributed by atoms with van der Waals surface area (Å²) in [4.78, 5) is 108. The molecule has 7 rings (SSSR count). The zero-order valence-electron chi connectivity index (χ0n) is 47.7. The van der Waals surface area contributed by atoms with Gasteiger partial charge < -0.3 is 44.6 Å². The molecule has 1 aliphatic carbocycles. The van der Waals surface area contributed by atoms with Crippen LogP contribution in [0.1, 0.15) is 132 Å². The first kappa shape index (κ1) is 59.9. The lowest BCUT2D eigenvalue weighted by molar-refractivity contribution is -0.147. The second-order valence-corrected chi connectivity index (χ2v) is 23.7. The fourth-order valence-electron chi connectivity index (χ4n) is 11.2. The lowest BCUT2D eigenvalue weighted by Crippen LogP contribution is -2.57. The number of likely N-dealkylation sites (tertiary alicyclic amines) is 2. The quantitative estimate of drug-likeness (QED) is 0.0619. The van der Waals surface area contributed by atoms with Crippen LogP contribution in [-0.4, -0.2) is 158 Å². The Morgan fingerprint density at radius 2 is 1.29 bits per heavy atom. The van der Waals surface area contributed by atoms with Crippen LogP contribution in [0.4, 0.5) is 22.8 Å². The zero-order chi connectivity index (χ0) is 58.0.